The monoisotopic (exact) mass is 666 g/mol. The summed E-state index contributed by atoms with van der Waals surface area (Å²) < 4.78 is 30.9. The minimum absolute atomic E-state index is 0.0945. The fourth-order valence-corrected chi connectivity index (χ4v) is 8.68. The largest absolute Gasteiger partial charge is 0.486 e. The van der Waals surface area contributed by atoms with Gasteiger partial charge in [0.25, 0.3) is 0 Å². The molecule has 48 heavy (non-hydrogen) atoms. The van der Waals surface area contributed by atoms with Gasteiger partial charge in [0.1, 0.15) is 34.7 Å². The third-order valence-corrected chi connectivity index (χ3v) is 11.4. The van der Waals surface area contributed by atoms with Gasteiger partial charge in [0.15, 0.2) is 0 Å². The highest BCUT2D eigenvalue weighted by Crippen LogP contribution is 2.65. The van der Waals surface area contributed by atoms with Crippen molar-refractivity contribution in [1.82, 2.24) is 9.80 Å². The topological polar surface area (TPSA) is 104 Å². The summed E-state index contributed by atoms with van der Waals surface area (Å²) in [6.45, 7) is 21.2. The first-order valence-electron chi connectivity index (χ1n) is 17.9. The summed E-state index contributed by atoms with van der Waals surface area (Å²) in [4.78, 5) is 43.0. The van der Waals surface area contributed by atoms with Crippen LogP contribution in [-0.2, 0) is 30.0 Å². The lowest BCUT2D eigenvalue weighted by molar-refractivity contribution is -0.199. The van der Waals surface area contributed by atoms with Crippen LogP contribution >= 0.6 is 0 Å². The maximum Gasteiger partial charge on any atom is 0.457 e. The summed E-state index contributed by atoms with van der Waals surface area (Å²) in [5, 5.41) is 0. The first-order chi connectivity index (χ1) is 22.3. The molecule has 11 heteroatoms. The Morgan fingerprint density at radius 3 is 2.33 bits per heavy atom. The molecule has 2 amide bonds. The summed E-state index contributed by atoms with van der Waals surface area (Å²) in [6.07, 6.45) is 4.42. The minimum Gasteiger partial charge on any atom is -0.486 e. The van der Waals surface area contributed by atoms with Crippen LogP contribution in [-0.4, -0.2) is 89.6 Å². The van der Waals surface area contributed by atoms with Gasteiger partial charge in [0.2, 0.25) is 5.91 Å². The molecule has 0 N–H and O–H groups in total. The maximum atomic E-state index is 13.6. The van der Waals surface area contributed by atoms with Gasteiger partial charge >= 0.3 is 19.2 Å². The zero-order valence-electron chi connectivity index (χ0n) is 30.6. The fourth-order valence-electron chi connectivity index (χ4n) is 8.68. The van der Waals surface area contributed by atoms with Crippen LogP contribution in [0.15, 0.2) is 12.1 Å². The Hall–Kier alpha value is -2.79. The van der Waals surface area contributed by atoms with Gasteiger partial charge in [-0.15, -0.1) is 0 Å². The van der Waals surface area contributed by atoms with Crippen LogP contribution in [0.25, 0.3) is 0 Å². The van der Waals surface area contributed by atoms with Crippen molar-refractivity contribution < 1.29 is 37.9 Å². The predicted molar refractivity (Wildman–Crippen MR) is 182 cm³/mol. The van der Waals surface area contributed by atoms with Crippen LogP contribution in [0.3, 0.4) is 0 Å². The number of amides is 2. The molecule has 0 aromatic heterocycles. The highest BCUT2D eigenvalue weighted by atomic mass is 16.7. The molecule has 10 nitrogen and oxygen atoms in total. The number of hydrogen-bond donors (Lipinski definition) is 0. The average Bonchev–Trinajstić information content (AvgIpc) is 3.56. The number of ether oxygens (including phenoxy) is 3. The summed E-state index contributed by atoms with van der Waals surface area (Å²) in [7, 11) is -0.278. The molecule has 1 aromatic carbocycles. The second-order valence-corrected chi connectivity index (χ2v) is 17.5. The first-order valence-corrected chi connectivity index (χ1v) is 17.9. The molecule has 264 valence electrons. The zero-order valence-corrected chi connectivity index (χ0v) is 30.6. The van der Waals surface area contributed by atoms with E-state index in [1.807, 2.05) is 60.6 Å². The van der Waals surface area contributed by atoms with Crippen molar-refractivity contribution in [3.8, 4) is 5.75 Å². The molecule has 3 aliphatic heterocycles. The quantitative estimate of drug-likeness (QED) is 0.250. The van der Waals surface area contributed by atoms with E-state index in [2.05, 4.69) is 20.8 Å². The molecular weight excluding hydrogens is 611 g/mol. The van der Waals surface area contributed by atoms with E-state index in [1.54, 1.807) is 9.80 Å². The third-order valence-electron chi connectivity index (χ3n) is 11.4. The third kappa shape index (κ3) is 6.58. The van der Waals surface area contributed by atoms with E-state index in [0.29, 0.717) is 67.4 Å². The summed E-state index contributed by atoms with van der Waals surface area (Å²) in [6, 6.07) is 3.33. The van der Waals surface area contributed by atoms with Crippen LogP contribution in [0.2, 0.25) is 6.32 Å². The van der Waals surface area contributed by atoms with E-state index in [0.717, 1.165) is 24.0 Å². The van der Waals surface area contributed by atoms with Gasteiger partial charge in [-0.05, 0) is 128 Å². The molecular formula is C37H55BN2O8. The molecule has 6 aliphatic rings. The van der Waals surface area contributed by atoms with E-state index in [1.165, 1.54) is 6.42 Å². The molecule has 0 radical (unpaired) electrons. The van der Waals surface area contributed by atoms with Crippen LogP contribution in [0.4, 0.5) is 4.79 Å². The van der Waals surface area contributed by atoms with E-state index in [-0.39, 0.29) is 30.8 Å². The number of aryl methyl sites for hydroxylation is 1. The number of likely N-dealkylation sites (tertiary alicyclic amines) is 2. The lowest BCUT2D eigenvalue weighted by Crippen LogP contribution is -2.65. The fraction of sp³-hybridized carbons (Fsp3) is 0.757. The van der Waals surface area contributed by atoms with Crippen LogP contribution in [0, 0.1) is 24.2 Å². The zero-order chi connectivity index (χ0) is 35.0. The molecule has 3 heterocycles. The van der Waals surface area contributed by atoms with Crippen molar-refractivity contribution in [3.63, 3.8) is 0 Å². The Morgan fingerprint density at radius 2 is 1.69 bits per heavy atom. The summed E-state index contributed by atoms with van der Waals surface area (Å²) in [5.41, 5.74) is 0.988. The molecule has 5 atom stereocenters. The van der Waals surface area contributed by atoms with Gasteiger partial charge in [-0.2, -0.15) is 0 Å². The van der Waals surface area contributed by atoms with Crippen LogP contribution < -0.4 is 4.74 Å². The van der Waals surface area contributed by atoms with Gasteiger partial charge in [-0.3, -0.25) is 9.69 Å². The van der Waals surface area contributed by atoms with Crippen molar-refractivity contribution in [3.05, 3.63) is 28.8 Å². The summed E-state index contributed by atoms with van der Waals surface area (Å²) in [5.74, 6) is 1.13. The van der Waals surface area contributed by atoms with Crippen LogP contribution in [0.1, 0.15) is 109 Å². The number of carbonyl (C=O) groups excluding carboxylic acids is 3. The highest BCUT2D eigenvalue weighted by Gasteiger charge is 2.67. The lowest BCUT2D eigenvalue weighted by Gasteiger charge is -2.64. The molecule has 3 aliphatic carbocycles. The Balaban J connectivity index is 1.11. The Kier molecular flexibility index (Phi) is 8.92. The maximum absolute atomic E-state index is 13.6. The standard InChI is InChI=1S/C37H55BN2O8/c1-22-23(15-16-38-47-29-19-24-18-28(36(24,8)9)37(29,10)48-38)13-14-27(30(22)32(42)45-34(2,3)4)44-25-20-39(21-25)31(41)26-12-11-17-40(26)33(43)46-35(5,6)7/h13-14,24-26,28-29H,11-12,15-21H2,1-10H3/t24-,26+,28-,29+,37-/m0/s1. The van der Waals surface area contributed by atoms with E-state index >= 15 is 0 Å². The van der Waals surface area contributed by atoms with E-state index < -0.39 is 29.3 Å². The highest BCUT2D eigenvalue weighted by molar-refractivity contribution is 6.45. The van der Waals surface area contributed by atoms with Gasteiger partial charge in [-0.1, -0.05) is 19.9 Å². The number of carbonyl (C=O) groups is 3. The Labute approximate surface area is 286 Å². The van der Waals surface area contributed by atoms with Crippen molar-refractivity contribution in [2.24, 2.45) is 17.3 Å². The average molecular weight is 667 g/mol. The lowest BCUT2D eigenvalue weighted by atomic mass is 9.43. The first kappa shape index (κ1) is 35.1. The van der Waals surface area contributed by atoms with Gasteiger partial charge in [0.05, 0.1) is 24.8 Å². The van der Waals surface area contributed by atoms with E-state index in [4.69, 9.17) is 23.5 Å². The molecule has 6 fully saturated rings. The number of rotatable bonds is 7. The van der Waals surface area contributed by atoms with Crippen LogP contribution in [0.5, 0.6) is 5.75 Å². The predicted octanol–water partition coefficient (Wildman–Crippen LogP) is 6.21. The molecule has 0 spiro atoms. The van der Waals surface area contributed by atoms with Gasteiger partial charge in [0, 0.05) is 6.54 Å². The molecule has 3 saturated heterocycles. The van der Waals surface area contributed by atoms with Gasteiger partial charge in [-0.25, -0.2) is 9.59 Å². The SMILES string of the molecule is Cc1c(CCB2O[C@@H]3C[C@@H]4C[C@@H](C4(C)C)[C@]3(C)O2)ccc(OC2CN(C(=O)[C@H]3CCCN3C(=O)OC(C)(C)C)C2)c1C(=O)OC(C)(C)C. The van der Waals surface area contributed by atoms with Crippen molar-refractivity contribution >= 4 is 25.1 Å². The molecule has 7 rings (SSSR count). The smallest absolute Gasteiger partial charge is 0.457 e. The number of nitrogens with zero attached hydrogens (tertiary/aromatic N) is 2. The number of esters is 1. The van der Waals surface area contributed by atoms with E-state index in [9.17, 15) is 14.4 Å². The second kappa shape index (κ2) is 12.2. The second-order valence-electron chi connectivity index (χ2n) is 17.5. The van der Waals surface area contributed by atoms with Gasteiger partial charge < -0.3 is 28.4 Å². The van der Waals surface area contributed by atoms with Crippen molar-refractivity contribution in [2.45, 2.75) is 143 Å². The molecule has 0 unspecified atom stereocenters. The molecule has 2 bridgehead atoms. The minimum atomic E-state index is -0.677. The number of hydrogen-bond acceptors (Lipinski definition) is 8. The Bertz CT molecular complexity index is 1440. The van der Waals surface area contributed by atoms with Crippen molar-refractivity contribution in [1.29, 1.82) is 0 Å². The molecule has 1 aromatic rings. The normalized spacial score (nSPS) is 29.6. The van der Waals surface area contributed by atoms with Crippen molar-refractivity contribution in [2.75, 3.05) is 19.6 Å². The molecule has 3 saturated carbocycles. The Morgan fingerprint density at radius 1 is 1.00 bits per heavy atom. The number of benzene rings is 1. The summed E-state index contributed by atoms with van der Waals surface area (Å²) >= 11 is 0.